The third kappa shape index (κ3) is 8.81. The molecular formula is C30H48FN5O4S. The molecule has 0 spiro atoms. The molecule has 1 saturated carbocycles. The summed E-state index contributed by atoms with van der Waals surface area (Å²) >= 11 is 1.03. The zero-order chi connectivity index (χ0) is 30.4. The second kappa shape index (κ2) is 14.2. The molecular weight excluding hydrogens is 545 g/mol. The van der Waals surface area contributed by atoms with E-state index in [0.29, 0.717) is 18.7 Å². The maximum absolute atomic E-state index is 15.5. The third-order valence-electron chi connectivity index (χ3n) is 8.35. The molecule has 230 valence electrons. The maximum atomic E-state index is 15.5. The summed E-state index contributed by atoms with van der Waals surface area (Å²) in [5.74, 6) is -1.62. The van der Waals surface area contributed by atoms with Crippen molar-refractivity contribution >= 4 is 35.5 Å². The number of ether oxygens (including phenoxy) is 1. The van der Waals surface area contributed by atoms with Gasteiger partial charge in [-0.05, 0) is 71.2 Å². The summed E-state index contributed by atoms with van der Waals surface area (Å²) in [6.45, 7) is 11.4. The number of piperazine rings is 1. The van der Waals surface area contributed by atoms with Crippen molar-refractivity contribution in [2.24, 2.45) is 11.1 Å². The molecule has 9 nitrogen and oxygen atoms in total. The fraction of sp³-hybridized carbons (Fsp3) is 0.700. The van der Waals surface area contributed by atoms with Crippen LogP contribution in [-0.4, -0.2) is 77.3 Å². The van der Waals surface area contributed by atoms with Crippen molar-refractivity contribution in [3.63, 3.8) is 0 Å². The van der Waals surface area contributed by atoms with Crippen molar-refractivity contribution < 1.29 is 23.5 Å². The minimum atomic E-state index is -0.958. The predicted octanol–water partition coefficient (Wildman–Crippen LogP) is 4.87. The van der Waals surface area contributed by atoms with Crippen LogP contribution in [-0.2, 0) is 14.3 Å². The predicted molar refractivity (Wildman–Crippen MR) is 162 cm³/mol. The van der Waals surface area contributed by atoms with Crippen molar-refractivity contribution in [1.29, 1.82) is 0 Å². The first-order valence-corrected chi connectivity index (χ1v) is 15.6. The molecule has 2 aliphatic rings. The summed E-state index contributed by atoms with van der Waals surface area (Å²) in [4.78, 5) is 43.6. The fourth-order valence-electron chi connectivity index (χ4n) is 5.58. The molecule has 0 radical (unpaired) electrons. The van der Waals surface area contributed by atoms with Crippen LogP contribution >= 0.6 is 11.9 Å². The second-order valence-electron chi connectivity index (χ2n) is 12.6. The Morgan fingerprint density at radius 3 is 2.20 bits per heavy atom. The van der Waals surface area contributed by atoms with Crippen LogP contribution < -0.4 is 15.8 Å². The van der Waals surface area contributed by atoms with E-state index in [4.69, 9.17) is 9.88 Å². The molecule has 1 heterocycles. The van der Waals surface area contributed by atoms with Gasteiger partial charge < -0.3 is 25.2 Å². The van der Waals surface area contributed by atoms with Crippen molar-refractivity contribution in [3.8, 4) is 0 Å². The highest BCUT2D eigenvalue weighted by molar-refractivity contribution is 7.99. The second-order valence-corrected chi connectivity index (χ2v) is 13.7. The Balaban J connectivity index is 1.80. The standard InChI is InChI=1S/C30H48FN5O4S/c1-20(25(34-28(39)40-29(2,3)4)26(37)36-17-15-35(6)16-18-36)21-13-14-24(23(31)19-21)33-27(38)30(5,41-32)22-11-9-7-8-10-12-22/h13-14,19-20,22,25H,7-12,15-18,32H2,1-6H3,(H,33,38)(H,34,39)/t20-,25+,30+/m0/s1. The molecule has 1 saturated heterocycles. The number of halogens is 1. The maximum Gasteiger partial charge on any atom is 0.408 e. The minimum absolute atomic E-state index is 0.0573. The zero-order valence-corrected chi connectivity index (χ0v) is 26.2. The number of anilines is 1. The number of rotatable bonds is 8. The number of likely N-dealkylation sites (N-methyl/N-ethyl adjacent to an activating group) is 1. The smallest absolute Gasteiger partial charge is 0.408 e. The molecule has 1 aliphatic carbocycles. The molecule has 4 N–H and O–H groups in total. The Hall–Kier alpha value is -2.37. The average molecular weight is 594 g/mol. The Labute approximate surface area is 248 Å². The number of carbonyl (C=O) groups excluding carboxylic acids is 3. The van der Waals surface area contributed by atoms with Gasteiger partial charge in [0.2, 0.25) is 11.8 Å². The van der Waals surface area contributed by atoms with Gasteiger partial charge in [0, 0.05) is 32.1 Å². The first-order chi connectivity index (χ1) is 19.2. The molecule has 0 aromatic heterocycles. The Bertz CT molecular complexity index is 1070. The van der Waals surface area contributed by atoms with E-state index in [1.165, 1.54) is 12.1 Å². The number of benzene rings is 1. The van der Waals surface area contributed by atoms with Gasteiger partial charge in [-0.3, -0.25) is 14.7 Å². The average Bonchev–Trinajstić information content (AvgIpc) is 3.21. The lowest BCUT2D eigenvalue weighted by molar-refractivity contribution is -0.135. The van der Waals surface area contributed by atoms with Crippen molar-refractivity contribution in [2.45, 2.75) is 95.5 Å². The van der Waals surface area contributed by atoms with E-state index < -0.39 is 34.2 Å². The molecule has 2 fully saturated rings. The summed E-state index contributed by atoms with van der Waals surface area (Å²) in [5, 5.41) is 11.5. The summed E-state index contributed by atoms with van der Waals surface area (Å²) in [7, 11) is 2.00. The summed E-state index contributed by atoms with van der Waals surface area (Å²) < 4.78 is 20.0. The summed E-state index contributed by atoms with van der Waals surface area (Å²) in [5.41, 5.74) is -0.168. The molecule has 41 heavy (non-hydrogen) atoms. The fourth-order valence-corrected chi connectivity index (χ4v) is 6.17. The number of nitrogens with one attached hydrogen (secondary N) is 2. The highest BCUT2D eigenvalue weighted by atomic mass is 32.2. The summed E-state index contributed by atoms with van der Waals surface area (Å²) in [6, 6.07) is 3.56. The largest absolute Gasteiger partial charge is 0.444 e. The van der Waals surface area contributed by atoms with Crippen LogP contribution in [0.25, 0.3) is 0 Å². The molecule has 0 bridgehead atoms. The van der Waals surface area contributed by atoms with Crippen LogP contribution in [0.15, 0.2) is 18.2 Å². The van der Waals surface area contributed by atoms with Crippen LogP contribution in [0.4, 0.5) is 14.9 Å². The van der Waals surface area contributed by atoms with E-state index in [-0.39, 0.29) is 23.4 Å². The van der Waals surface area contributed by atoms with Gasteiger partial charge in [0.05, 0.1) is 5.69 Å². The highest BCUT2D eigenvalue weighted by Crippen LogP contribution is 2.39. The molecule has 1 aromatic carbocycles. The molecule has 1 aromatic rings. The number of amides is 3. The van der Waals surface area contributed by atoms with Crippen LogP contribution in [0.2, 0.25) is 0 Å². The van der Waals surface area contributed by atoms with Crippen LogP contribution in [0.5, 0.6) is 0 Å². The van der Waals surface area contributed by atoms with Crippen LogP contribution in [0, 0.1) is 11.7 Å². The number of nitrogens with two attached hydrogens (primary N) is 1. The van der Waals surface area contributed by atoms with Gasteiger partial charge >= 0.3 is 6.09 Å². The number of hydrogen-bond donors (Lipinski definition) is 3. The normalized spacial score (nSPS) is 20.3. The SMILES string of the molecule is C[C@@H](c1ccc(NC(=O)[C@](C)(SN)C2CCCCCC2)c(F)c1)[C@@H](NC(=O)OC(C)(C)C)C(=O)N1CCN(C)CC1. The van der Waals surface area contributed by atoms with E-state index in [1.807, 2.05) is 14.0 Å². The lowest BCUT2D eigenvalue weighted by Crippen LogP contribution is -2.56. The van der Waals surface area contributed by atoms with Crippen molar-refractivity contribution in [3.05, 3.63) is 29.6 Å². The molecule has 0 unspecified atom stereocenters. The molecule has 1 aliphatic heterocycles. The lowest BCUT2D eigenvalue weighted by Gasteiger charge is -2.36. The molecule has 3 rings (SSSR count). The van der Waals surface area contributed by atoms with Crippen molar-refractivity contribution in [2.75, 3.05) is 38.5 Å². The zero-order valence-electron chi connectivity index (χ0n) is 25.4. The summed E-state index contributed by atoms with van der Waals surface area (Å²) in [6.07, 6.45) is 5.54. The van der Waals surface area contributed by atoms with E-state index in [0.717, 1.165) is 63.6 Å². The van der Waals surface area contributed by atoms with Gasteiger partial charge in [0.15, 0.2) is 0 Å². The van der Waals surface area contributed by atoms with E-state index in [1.54, 1.807) is 38.7 Å². The number of carbonyl (C=O) groups is 3. The monoisotopic (exact) mass is 593 g/mol. The Morgan fingerprint density at radius 1 is 1.05 bits per heavy atom. The van der Waals surface area contributed by atoms with Gasteiger partial charge in [-0.15, -0.1) is 0 Å². The number of alkyl carbamates (subject to hydrolysis) is 1. The molecule has 3 atom stereocenters. The van der Waals surface area contributed by atoms with E-state index in [2.05, 4.69) is 15.5 Å². The number of nitrogens with zero attached hydrogens (tertiary/aromatic N) is 2. The van der Waals surface area contributed by atoms with Gasteiger partial charge in [-0.2, -0.15) is 0 Å². The minimum Gasteiger partial charge on any atom is -0.444 e. The van der Waals surface area contributed by atoms with E-state index in [9.17, 15) is 14.4 Å². The molecule has 3 amide bonds. The van der Waals surface area contributed by atoms with Gasteiger partial charge in [0.25, 0.3) is 0 Å². The Morgan fingerprint density at radius 2 is 1.66 bits per heavy atom. The Kier molecular flexibility index (Phi) is 11.5. The molecule has 11 heteroatoms. The van der Waals surface area contributed by atoms with Crippen LogP contribution in [0.3, 0.4) is 0 Å². The van der Waals surface area contributed by atoms with Gasteiger partial charge in [-0.1, -0.05) is 50.6 Å². The topological polar surface area (TPSA) is 117 Å². The first-order valence-electron chi connectivity index (χ1n) is 14.7. The number of hydrogen-bond acceptors (Lipinski definition) is 7. The quantitative estimate of drug-likeness (QED) is 0.291. The van der Waals surface area contributed by atoms with Crippen LogP contribution in [0.1, 0.15) is 84.6 Å². The van der Waals surface area contributed by atoms with E-state index >= 15 is 4.39 Å². The van der Waals surface area contributed by atoms with Gasteiger partial charge in [0.1, 0.15) is 22.2 Å². The van der Waals surface area contributed by atoms with Crippen molar-refractivity contribution in [1.82, 2.24) is 15.1 Å². The highest BCUT2D eigenvalue weighted by Gasteiger charge is 2.42. The third-order valence-corrected chi connectivity index (χ3v) is 9.36. The first kappa shape index (κ1) is 33.1. The lowest BCUT2D eigenvalue weighted by atomic mass is 9.85. The van der Waals surface area contributed by atoms with Gasteiger partial charge in [-0.25, -0.2) is 9.18 Å².